The molecule has 0 radical (unpaired) electrons. The molecule has 0 aromatic rings. The summed E-state index contributed by atoms with van der Waals surface area (Å²) in [6.45, 7) is 6.86. The van der Waals surface area contributed by atoms with E-state index in [2.05, 4.69) is 19.6 Å². The Morgan fingerprint density at radius 3 is 2.17 bits per heavy atom. The Labute approximate surface area is 84.1 Å². The summed E-state index contributed by atoms with van der Waals surface area (Å²) in [5.74, 6) is 0.138. The van der Waals surface area contributed by atoms with Crippen LogP contribution in [0.15, 0.2) is 24.3 Å². The molecule has 3 heteroatoms. The Kier molecular flexibility index (Phi) is 3.34. The molecule has 0 atom stereocenters. The Balaban J connectivity index is 2.49. The van der Waals surface area contributed by atoms with Gasteiger partial charge in [-0.25, -0.2) is 0 Å². The quantitative estimate of drug-likeness (QED) is 0.725. The van der Waals surface area contributed by atoms with E-state index in [-0.39, 0.29) is 26.1 Å². The SMILES string of the molecule is C[Si](C)(C)[Te]C(=O)C1C=CC=C1. The van der Waals surface area contributed by atoms with Gasteiger partial charge in [0.2, 0.25) is 0 Å². The van der Waals surface area contributed by atoms with Crippen molar-refractivity contribution >= 4 is 29.6 Å². The van der Waals surface area contributed by atoms with Crippen LogP contribution < -0.4 is 0 Å². The van der Waals surface area contributed by atoms with Crippen molar-refractivity contribution in [2.45, 2.75) is 19.6 Å². The molecule has 0 aliphatic heterocycles. The molecule has 0 amide bonds. The van der Waals surface area contributed by atoms with Gasteiger partial charge in [-0.05, 0) is 0 Å². The Morgan fingerprint density at radius 2 is 1.75 bits per heavy atom. The zero-order valence-electron chi connectivity index (χ0n) is 7.70. The fourth-order valence-corrected chi connectivity index (χ4v) is 8.48. The topological polar surface area (TPSA) is 17.1 Å². The summed E-state index contributed by atoms with van der Waals surface area (Å²) < 4.78 is 0.518. The van der Waals surface area contributed by atoms with Crippen molar-refractivity contribution in [2.75, 3.05) is 0 Å². The first-order valence-electron chi connectivity index (χ1n) is 4.07. The summed E-state index contributed by atoms with van der Waals surface area (Å²) in [7, 11) is 0. The maximum absolute atomic E-state index is 11.7. The molecule has 66 valence electrons. The Bertz CT molecular complexity index is 225. The number of hydrogen-bond donors (Lipinski definition) is 0. The Hall–Kier alpha value is 0.156. The van der Waals surface area contributed by atoms with Crippen molar-refractivity contribution in [1.82, 2.24) is 0 Å². The molecule has 0 aromatic heterocycles. The van der Waals surface area contributed by atoms with Crippen LogP contribution in [-0.2, 0) is 4.79 Å². The van der Waals surface area contributed by atoms with Gasteiger partial charge in [0.25, 0.3) is 0 Å². The van der Waals surface area contributed by atoms with E-state index >= 15 is 0 Å². The zero-order chi connectivity index (χ0) is 9.19. The van der Waals surface area contributed by atoms with Crippen molar-refractivity contribution in [1.29, 1.82) is 0 Å². The number of carbonyl (C=O) groups excluding carboxylic acids is 1. The zero-order valence-corrected chi connectivity index (χ0v) is 11.0. The second-order valence-electron chi connectivity index (χ2n) is 3.83. The summed E-state index contributed by atoms with van der Waals surface area (Å²) in [5.41, 5.74) is -1.08. The molecule has 0 heterocycles. The predicted molar refractivity (Wildman–Crippen MR) is 55.9 cm³/mol. The van der Waals surface area contributed by atoms with Crippen LogP contribution in [0.2, 0.25) is 19.6 Å². The van der Waals surface area contributed by atoms with Gasteiger partial charge in [-0.2, -0.15) is 0 Å². The maximum atomic E-state index is 11.7. The fraction of sp³-hybridized carbons (Fsp3) is 0.444. The van der Waals surface area contributed by atoms with Gasteiger partial charge < -0.3 is 0 Å². The van der Waals surface area contributed by atoms with E-state index in [1.807, 2.05) is 24.3 Å². The molecule has 1 rings (SSSR count). The van der Waals surface area contributed by atoms with Crippen LogP contribution in [0, 0.1) is 5.92 Å². The van der Waals surface area contributed by atoms with Crippen LogP contribution in [-0.4, -0.2) is 29.6 Å². The summed E-state index contributed by atoms with van der Waals surface area (Å²) in [4.78, 5) is 11.7. The third-order valence-corrected chi connectivity index (χ3v) is 9.98. The van der Waals surface area contributed by atoms with Gasteiger partial charge in [0.15, 0.2) is 0 Å². The van der Waals surface area contributed by atoms with Crippen LogP contribution in [0.1, 0.15) is 0 Å². The van der Waals surface area contributed by atoms with Gasteiger partial charge in [0, 0.05) is 0 Å². The summed E-state index contributed by atoms with van der Waals surface area (Å²) >= 11 is -0.378. The standard InChI is InChI=1S/C9H14OSiTe/c1-11(2,3)12-9(10)8-6-4-5-7-8/h4-8H,1-3H3. The third kappa shape index (κ3) is 3.26. The minimum atomic E-state index is -1.08. The van der Waals surface area contributed by atoms with Gasteiger partial charge >= 0.3 is 84.2 Å². The van der Waals surface area contributed by atoms with Gasteiger partial charge in [-0.1, -0.05) is 0 Å². The van der Waals surface area contributed by atoms with Gasteiger partial charge in [-0.15, -0.1) is 0 Å². The molecule has 0 fully saturated rings. The van der Waals surface area contributed by atoms with Crippen LogP contribution in [0.5, 0.6) is 0 Å². The molecule has 0 saturated heterocycles. The van der Waals surface area contributed by atoms with Gasteiger partial charge in [0.05, 0.1) is 0 Å². The third-order valence-electron chi connectivity index (χ3n) is 1.43. The molecule has 0 saturated carbocycles. The molecule has 0 N–H and O–H groups in total. The molecular formula is C9H14OSiTe. The van der Waals surface area contributed by atoms with E-state index in [9.17, 15) is 4.79 Å². The first kappa shape index (κ1) is 10.2. The first-order valence-corrected chi connectivity index (χ1v) is 12.1. The van der Waals surface area contributed by atoms with E-state index in [4.69, 9.17) is 0 Å². The average Bonchev–Trinajstić information content (AvgIpc) is 2.32. The molecule has 1 nitrogen and oxygen atoms in total. The van der Waals surface area contributed by atoms with Crippen LogP contribution in [0.25, 0.3) is 0 Å². The number of allylic oxidation sites excluding steroid dienone is 4. The second-order valence-corrected chi connectivity index (χ2v) is 21.6. The van der Waals surface area contributed by atoms with Crippen molar-refractivity contribution < 1.29 is 4.79 Å². The molecule has 0 spiro atoms. The summed E-state index contributed by atoms with van der Waals surface area (Å²) in [6.07, 6.45) is 7.96. The Morgan fingerprint density at radius 1 is 1.25 bits per heavy atom. The predicted octanol–water partition coefficient (Wildman–Crippen LogP) is 1.79. The normalized spacial score (nSPS) is 17.2. The number of rotatable bonds is 3. The van der Waals surface area contributed by atoms with E-state index in [1.54, 1.807) is 0 Å². The second kappa shape index (κ2) is 3.91. The van der Waals surface area contributed by atoms with Crippen LogP contribution in [0.4, 0.5) is 0 Å². The van der Waals surface area contributed by atoms with Gasteiger partial charge in [0.1, 0.15) is 0 Å². The molecular weight excluding hydrogens is 280 g/mol. The van der Waals surface area contributed by atoms with E-state index in [0.29, 0.717) is 3.83 Å². The molecule has 1 aliphatic rings. The first-order chi connectivity index (χ1) is 5.49. The average molecular weight is 294 g/mol. The summed E-state index contributed by atoms with van der Waals surface area (Å²) in [6, 6.07) is 0. The van der Waals surface area contributed by atoms with E-state index in [1.165, 1.54) is 0 Å². The molecule has 1 aliphatic carbocycles. The van der Waals surface area contributed by atoms with E-state index in [0.717, 1.165) is 0 Å². The molecule has 0 unspecified atom stereocenters. The van der Waals surface area contributed by atoms with Crippen molar-refractivity contribution in [3.8, 4) is 0 Å². The van der Waals surface area contributed by atoms with E-state index < -0.39 is 5.62 Å². The molecule has 12 heavy (non-hydrogen) atoms. The fourth-order valence-electron chi connectivity index (χ4n) is 0.959. The van der Waals surface area contributed by atoms with Crippen LogP contribution in [0.3, 0.4) is 0 Å². The number of hydrogen-bond acceptors (Lipinski definition) is 1. The van der Waals surface area contributed by atoms with Crippen molar-refractivity contribution in [3.05, 3.63) is 24.3 Å². The minimum absolute atomic E-state index is 0.138. The molecule has 0 bridgehead atoms. The van der Waals surface area contributed by atoms with Gasteiger partial charge in [-0.3, -0.25) is 0 Å². The monoisotopic (exact) mass is 296 g/mol. The van der Waals surface area contributed by atoms with Crippen molar-refractivity contribution in [2.24, 2.45) is 5.92 Å². The van der Waals surface area contributed by atoms with Crippen molar-refractivity contribution in [3.63, 3.8) is 0 Å². The van der Waals surface area contributed by atoms with Crippen LogP contribution >= 0.6 is 0 Å². The number of carbonyl (C=O) groups is 1. The molecule has 0 aromatic carbocycles. The summed E-state index contributed by atoms with van der Waals surface area (Å²) in [5, 5.41) is 0.